The standard InChI is InChI=1S/C17H16ClNO2/c1-20-16-4-2-3-5-17(16)21-11-10-19-9-8-13-12-14(18)6-7-15(13)19/h2-9,12H,10-11H2,1H3. The zero-order valence-electron chi connectivity index (χ0n) is 11.8. The van der Waals surface area contributed by atoms with Crippen molar-refractivity contribution in [3.8, 4) is 11.5 Å². The predicted molar refractivity (Wildman–Crippen MR) is 85.4 cm³/mol. The zero-order valence-corrected chi connectivity index (χ0v) is 12.5. The molecule has 108 valence electrons. The second kappa shape index (κ2) is 6.10. The molecule has 0 aliphatic heterocycles. The first-order valence-corrected chi connectivity index (χ1v) is 7.16. The summed E-state index contributed by atoms with van der Waals surface area (Å²) in [5.74, 6) is 1.51. The van der Waals surface area contributed by atoms with Crippen molar-refractivity contribution in [2.75, 3.05) is 13.7 Å². The van der Waals surface area contributed by atoms with Crippen molar-refractivity contribution in [1.29, 1.82) is 0 Å². The van der Waals surface area contributed by atoms with Crippen LogP contribution in [-0.4, -0.2) is 18.3 Å². The molecule has 2 aromatic carbocycles. The number of hydrogen-bond donors (Lipinski definition) is 0. The quantitative estimate of drug-likeness (QED) is 0.698. The Hall–Kier alpha value is -2.13. The molecule has 0 atom stereocenters. The van der Waals surface area contributed by atoms with E-state index in [1.807, 2.05) is 48.7 Å². The van der Waals surface area contributed by atoms with Crippen molar-refractivity contribution in [3.63, 3.8) is 0 Å². The second-order valence-corrected chi connectivity index (χ2v) is 5.15. The first-order valence-electron chi connectivity index (χ1n) is 6.78. The van der Waals surface area contributed by atoms with Crippen molar-refractivity contribution in [2.24, 2.45) is 0 Å². The summed E-state index contributed by atoms with van der Waals surface area (Å²) in [5, 5.41) is 1.89. The molecule has 0 spiro atoms. The van der Waals surface area contributed by atoms with Crippen LogP contribution in [0, 0.1) is 0 Å². The molecule has 0 saturated carbocycles. The van der Waals surface area contributed by atoms with Gasteiger partial charge in [0.1, 0.15) is 6.61 Å². The van der Waals surface area contributed by atoms with E-state index in [9.17, 15) is 0 Å². The van der Waals surface area contributed by atoms with E-state index < -0.39 is 0 Å². The SMILES string of the molecule is COc1ccccc1OCCn1ccc2cc(Cl)ccc21. The molecule has 0 saturated heterocycles. The van der Waals surface area contributed by atoms with Crippen LogP contribution in [0.3, 0.4) is 0 Å². The number of methoxy groups -OCH3 is 1. The molecule has 21 heavy (non-hydrogen) atoms. The molecule has 3 nitrogen and oxygen atoms in total. The van der Waals surface area contributed by atoms with Crippen molar-refractivity contribution in [2.45, 2.75) is 6.54 Å². The van der Waals surface area contributed by atoms with Crippen molar-refractivity contribution in [3.05, 3.63) is 59.8 Å². The number of benzene rings is 2. The van der Waals surface area contributed by atoms with Gasteiger partial charge < -0.3 is 14.0 Å². The van der Waals surface area contributed by atoms with E-state index in [0.29, 0.717) is 6.61 Å². The van der Waals surface area contributed by atoms with Gasteiger partial charge in [0.25, 0.3) is 0 Å². The number of fused-ring (bicyclic) bond motifs is 1. The minimum atomic E-state index is 0.576. The Morgan fingerprint density at radius 1 is 1.05 bits per heavy atom. The molecule has 4 heteroatoms. The maximum atomic E-state index is 6.00. The average Bonchev–Trinajstić information content (AvgIpc) is 2.90. The van der Waals surface area contributed by atoms with E-state index >= 15 is 0 Å². The number of rotatable bonds is 5. The molecule has 0 N–H and O–H groups in total. The van der Waals surface area contributed by atoms with Crippen LogP contribution in [0.2, 0.25) is 5.02 Å². The number of halogens is 1. The largest absolute Gasteiger partial charge is 0.493 e. The summed E-state index contributed by atoms with van der Waals surface area (Å²) >= 11 is 6.00. The summed E-state index contributed by atoms with van der Waals surface area (Å²) in [6.07, 6.45) is 2.05. The fourth-order valence-corrected chi connectivity index (χ4v) is 2.54. The average molecular weight is 302 g/mol. The van der Waals surface area contributed by atoms with Crippen LogP contribution in [0.1, 0.15) is 0 Å². The van der Waals surface area contributed by atoms with Gasteiger partial charge in [0, 0.05) is 22.1 Å². The summed E-state index contributed by atoms with van der Waals surface area (Å²) in [6.45, 7) is 1.34. The van der Waals surface area contributed by atoms with Gasteiger partial charge in [0.2, 0.25) is 0 Å². The van der Waals surface area contributed by atoms with Gasteiger partial charge in [0.05, 0.1) is 13.7 Å². The van der Waals surface area contributed by atoms with Crippen LogP contribution in [0.5, 0.6) is 11.5 Å². The molecule has 0 radical (unpaired) electrons. The highest BCUT2D eigenvalue weighted by Crippen LogP contribution is 2.26. The van der Waals surface area contributed by atoms with E-state index in [0.717, 1.165) is 34.0 Å². The predicted octanol–water partition coefficient (Wildman–Crippen LogP) is 4.38. The summed E-state index contributed by atoms with van der Waals surface area (Å²) in [7, 11) is 1.64. The van der Waals surface area contributed by atoms with Gasteiger partial charge in [-0.05, 0) is 36.4 Å². The highest BCUT2D eigenvalue weighted by molar-refractivity contribution is 6.31. The number of nitrogens with zero attached hydrogens (tertiary/aromatic N) is 1. The molecule has 0 unspecified atom stereocenters. The van der Waals surface area contributed by atoms with Crippen LogP contribution in [0.15, 0.2) is 54.7 Å². The Morgan fingerprint density at radius 3 is 2.67 bits per heavy atom. The van der Waals surface area contributed by atoms with Crippen LogP contribution in [0.4, 0.5) is 0 Å². The maximum Gasteiger partial charge on any atom is 0.161 e. The summed E-state index contributed by atoms with van der Waals surface area (Å²) in [6, 6.07) is 15.6. The minimum absolute atomic E-state index is 0.576. The molecular weight excluding hydrogens is 286 g/mol. The molecular formula is C17H16ClNO2. The molecule has 0 bridgehead atoms. The first-order chi connectivity index (χ1) is 10.3. The van der Waals surface area contributed by atoms with Gasteiger partial charge in [-0.1, -0.05) is 23.7 Å². The summed E-state index contributed by atoms with van der Waals surface area (Å²) < 4.78 is 13.2. The van der Waals surface area contributed by atoms with Crippen molar-refractivity contribution >= 4 is 22.5 Å². The number of hydrogen-bond acceptors (Lipinski definition) is 2. The van der Waals surface area contributed by atoms with Gasteiger partial charge in [-0.25, -0.2) is 0 Å². The lowest BCUT2D eigenvalue weighted by atomic mass is 10.2. The van der Waals surface area contributed by atoms with Gasteiger partial charge in [-0.2, -0.15) is 0 Å². The van der Waals surface area contributed by atoms with Crippen LogP contribution < -0.4 is 9.47 Å². The van der Waals surface area contributed by atoms with Crippen molar-refractivity contribution < 1.29 is 9.47 Å². The Kier molecular flexibility index (Phi) is 4.02. The van der Waals surface area contributed by atoms with Gasteiger partial charge >= 0.3 is 0 Å². The summed E-state index contributed by atoms with van der Waals surface area (Å²) in [4.78, 5) is 0. The molecule has 0 aliphatic rings. The highest BCUT2D eigenvalue weighted by atomic mass is 35.5. The third-order valence-corrected chi connectivity index (χ3v) is 3.63. The fourth-order valence-electron chi connectivity index (χ4n) is 2.36. The molecule has 0 amide bonds. The first kappa shape index (κ1) is 13.8. The van der Waals surface area contributed by atoms with Crippen molar-refractivity contribution in [1.82, 2.24) is 4.57 Å². The van der Waals surface area contributed by atoms with Gasteiger partial charge in [-0.3, -0.25) is 0 Å². The number of ether oxygens (including phenoxy) is 2. The number of para-hydroxylation sites is 2. The highest BCUT2D eigenvalue weighted by Gasteiger charge is 2.04. The Labute approximate surface area is 128 Å². The smallest absolute Gasteiger partial charge is 0.161 e. The lowest BCUT2D eigenvalue weighted by Gasteiger charge is -2.11. The topological polar surface area (TPSA) is 23.4 Å². The van der Waals surface area contributed by atoms with Crippen LogP contribution in [0.25, 0.3) is 10.9 Å². The molecule has 1 heterocycles. The molecule has 0 aliphatic carbocycles. The van der Waals surface area contributed by atoms with E-state index in [4.69, 9.17) is 21.1 Å². The normalized spacial score (nSPS) is 10.8. The van der Waals surface area contributed by atoms with Gasteiger partial charge in [0.15, 0.2) is 11.5 Å². The fraction of sp³-hybridized carbons (Fsp3) is 0.176. The Balaban J connectivity index is 1.69. The monoisotopic (exact) mass is 301 g/mol. The molecule has 1 aromatic heterocycles. The Bertz CT molecular complexity index is 751. The third-order valence-electron chi connectivity index (χ3n) is 3.39. The van der Waals surface area contributed by atoms with E-state index in [2.05, 4.69) is 10.6 Å². The summed E-state index contributed by atoms with van der Waals surface area (Å²) in [5.41, 5.74) is 1.16. The Morgan fingerprint density at radius 2 is 1.86 bits per heavy atom. The molecule has 0 fully saturated rings. The molecule has 3 rings (SSSR count). The lowest BCUT2D eigenvalue weighted by Crippen LogP contribution is -2.07. The minimum Gasteiger partial charge on any atom is -0.493 e. The van der Waals surface area contributed by atoms with Crippen LogP contribution in [-0.2, 0) is 6.54 Å². The zero-order chi connectivity index (χ0) is 14.7. The molecule has 3 aromatic rings. The van der Waals surface area contributed by atoms with Gasteiger partial charge in [-0.15, -0.1) is 0 Å². The second-order valence-electron chi connectivity index (χ2n) is 4.71. The van der Waals surface area contributed by atoms with E-state index in [-0.39, 0.29) is 0 Å². The number of aromatic nitrogens is 1. The lowest BCUT2D eigenvalue weighted by molar-refractivity contribution is 0.281. The third kappa shape index (κ3) is 2.98. The maximum absolute atomic E-state index is 6.00. The van der Waals surface area contributed by atoms with E-state index in [1.54, 1.807) is 7.11 Å². The van der Waals surface area contributed by atoms with Crippen LogP contribution >= 0.6 is 11.6 Å². The van der Waals surface area contributed by atoms with E-state index in [1.165, 1.54) is 0 Å².